The van der Waals surface area contributed by atoms with Crippen LogP contribution in [-0.4, -0.2) is 36.3 Å². The molecule has 1 amide bonds. The number of carbonyl (C=O) groups excluding carboxylic acids is 1. The highest BCUT2D eigenvalue weighted by molar-refractivity contribution is 6.31. The van der Waals surface area contributed by atoms with E-state index in [0.29, 0.717) is 34.1 Å². The molecule has 0 saturated carbocycles. The number of hydrogen-bond acceptors (Lipinski definition) is 6. The van der Waals surface area contributed by atoms with Crippen LogP contribution in [0.5, 0.6) is 5.75 Å². The number of para-hydroxylation sites is 3. The summed E-state index contributed by atoms with van der Waals surface area (Å²) in [7, 11) is 0. The van der Waals surface area contributed by atoms with Gasteiger partial charge in [-0.2, -0.15) is 5.10 Å². The van der Waals surface area contributed by atoms with E-state index in [1.165, 1.54) is 5.01 Å². The second-order valence-corrected chi connectivity index (χ2v) is 10.8. The molecule has 0 bridgehead atoms. The summed E-state index contributed by atoms with van der Waals surface area (Å²) in [6, 6.07) is 29.4. The second-order valence-electron chi connectivity index (χ2n) is 10.3. The molecule has 1 N–H and O–H groups in total. The molecule has 9 heteroatoms. The summed E-state index contributed by atoms with van der Waals surface area (Å²) in [5.41, 5.74) is 5.85. The molecule has 0 radical (unpaired) electrons. The Hall–Kier alpha value is -5.21. The molecule has 1 atom stereocenters. The van der Waals surface area contributed by atoms with Crippen molar-refractivity contribution in [2.45, 2.75) is 19.0 Å². The summed E-state index contributed by atoms with van der Waals surface area (Å²) >= 11 is 6.64. The minimum atomic E-state index is -0.428. The van der Waals surface area contributed by atoms with Crippen LogP contribution in [0, 0.1) is 0 Å². The largest absolute Gasteiger partial charge is 0.508 e. The van der Waals surface area contributed by atoms with Gasteiger partial charge in [0.25, 0.3) is 5.91 Å². The normalized spacial score (nSPS) is 15.3. The molecule has 8 rings (SSSR count). The lowest BCUT2D eigenvalue weighted by atomic mass is 10.0. The van der Waals surface area contributed by atoms with E-state index in [1.54, 1.807) is 18.2 Å². The molecule has 42 heavy (non-hydrogen) atoms. The van der Waals surface area contributed by atoms with Gasteiger partial charge < -0.3 is 14.1 Å². The molecular weight excluding hydrogens is 550 g/mol. The van der Waals surface area contributed by atoms with E-state index < -0.39 is 6.04 Å². The Morgan fingerprint density at radius 3 is 2.55 bits per heavy atom. The molecule has 3 aromatic heterocycles. The lowest BCUT2D eigenvalue weighted by Crippen LogP contribution is -2.30. The first-order valence-corrected chi connectivity index (χ1v) is 13.9. The van der Waals surface area contributed by atoms with Crippen molar-refractivity contribution in [3.63, 3.8) is 0 Å². The number of hydrazone groups is 1. The number of aromatic hydroxyl groups is 1. The van der Waals surface area contributed by atoms with Crippen LogP contribution in [0.3, 0.4) is 0 Å². The zero-order chi connectivity index (χ0) is 28.4. The SMILES string of the molecule is O=C(Cn1c2ccccc2c2nc3ccccc3nc21)N1N=C(c2cc3cc(O)ccc3o2)CC1c1ccccc1Cl. The van der Waals surface area contributed by atoms with Gasteiger partial charge in [-0.1, -0.05) is 60.1 Å². The molecule has 4 aromatic carbocycles. The van der Waals surface area contributed by atoms with Crippen LogP contribution < -0.4 is 0 Å². The lowest BCUT2D eigenvalue weighted by molar-refractivity contribution is -0.133. The van der Waals surface area contributed by atoms with Gasteiger partial charge in [-0.3, -0.25) is 4.79 Å². The fraction of sp³-hybridized carbons (Fsp3) is 0.0909. The van der Waals surface area contributed by atoms with E-state index in [2.05, 4.69) is 0 Å². The first-order valence-electron chi connectivity index (χ1n) is 13.5. The molecule has 204 valence electrons. The van der Waals surface area contributed by atoms with Gasteiger partial charge >= 0.3 is 0 Å². The molecule has 7 aromatic rings. The van der Waals surface area contributed by atoms with E-state index >= 15 is 0 Å². The van der Waals surface area contributed by atoms with Crippen LogP contribution in [0.2, 0.25) is 5.02 Å². The van der Waals surface area contributed by atoms with Crippen LogP contribution in [0.4, 0.5) is 0 Å². The molecule has 0 spiro atoms. The number of furan rings is 1. The fourth-order valence-electron chi connectivity index (χ4n) is 5.80. The molecule has 4 heterocycles. The Morgan fingerprint density at radius 1 is 0.929 bits per heavy atom. The lowest BCUT2D eigenvalue weighted by Gasteiger charge is -2.23. The highest BCUT2D eigenvalue weighted by Crippen LogP contribution is 2.38. The van der Waals surface area contributed by atoms with Crippen LogP contribution in [0.25, 0.3) is 44.1 Å². The van der Waals surface area contributed by atoms with Crippen molar-refractivity contribution in [2.75, 3.05) is 0 Å². The van der Waals surface area contributed by atoms with Gasteiger partial charge in [0.2, 0.25) is 0 Å². The fourth-order valence-corrected chi connectivity index (χ4v) is 6.06. The Morgan fingerprint density at radius 2 is 1.69 bits per heavy atom. The molecule has 1 unspecified atom stereocenters. The van der Waals surface area contributed by atoms with E-state index in [0.717, 1.165) is 38.4 Å². The summed E-state index contributed by atoms with van der Waals surface area (Å²) in [6.45, 7) is 0.00275. The minimum absolute atomic E-state index is 0.00275. The predicted molar refractivity (Wildman–Crippen MR) is 163 cm³/mol. The zero-order valence-corrected chi connectivity index (χ0v) is 22.9. The van der Waals surface area contributed by atoms with Gasteiger partial charge in [-0.25, -0.2) is 15.0 Å². The Bertz CT molecular complexity index is 2230. The Labute approximate surface area is 244 Å². The second kappa shape index (κ2) is 9.43. The third kappa shape index (κ3) is 3.91. The minimum Gasteiger partial charge on any atom is -0.508 e. The molecule has 0 aliphatic carbocycles. The zero-order valence-electron chi connectivity index (χ0n) is 22.1. The van der Waals surface area contributed by atoms with Gasteiger partial charge in [0.15, 0.2) is 11.4 Å². The number of carbonyl (C=O) groups is 1. The number of benzene rings is 4. The summed E-state index contributed by atoms with van der Waals surface area (Å²) in [4.78, 5) is 24.0. The number of phenolic OH excluding ortho intramolecular Hbond substituents is 1. The highest BCUT2D eigenvalue weighted by Gasteiger charge is 2.36. The number of hydrogen-bond donors (Lipinski definition) is 1. The first-order chi connectivity index (χ1) is 20.5. The van der Waals surface area contributed by atoms with Crippen molar-refractivity contribution in [3.8, 4) is 5.75 Å². The molecule has 0 saturated heterocycles. The highest BCUT2D eigenvalue weighted by atomic mass is 35.5. The topological polar surface area (TPSA) is 96.8 Å². The Kier molecular flexibility index (Phi) is 5.52. The van der Waals surface area contributed by atoms with Crippen LogP contribution in [-0.2, 0) is 11.3 Å². The number of nitrogens with zero attached hydrogens (tertiary/aromatic N) is 5. The number of phenols is 1. The molecule has 1 aliphatic rings. The molecule has 1 aliphatic heterocycles. The van der Waals surface area contributed by atoms with Crippen LogP contribution in [0.15, 0.2) is 107 Å². The Balaban J connectivity index is 1.24. The first kappa shape index (κ1) is 24.6. The standard InChI is InChI=1S/C33H22ClN5O3/c34-23-9-3-1-7-21(23)28-17-26(30-16-19-15-20(40)13-14-29(19)42-30)37-39(28)31(41)18-38-27-12-6-2-8-22(27)32-33(38)36-25-11-5-4-10-24(25)35-32/h1-16,28,40H,17-18H2. The predicted octanol–water partition coefficient (Wildman–Crippen LogP) is 7.22. The van der Waals surface area contributed by atoms with Crippen molar-refractivity contribution in [1.82, 2.24) is 19.5 Å². The third-order valence-electron chi connectivity index (χ3n) is 7.77. The van der Waals surface area contributed by atoms with E-state index in [9.17, 15) is 9.90 Å². The van der Waals surface area contributed by atoms with Crippen molar-refractivity contribution in [2.24, 2.45) is 5.10 Å². The number of fused-ring (bicyclic) bond motifs is 5. The van der Waals surface area contributed by atoms with Crippen molar-refractivity contribution < 1.29 is 14.3 Å². The average molecular weight is 572 g/mol. The van der Waals surface area contributed by atoms with Crippen molar-refractivity contribution in [3.05, 3.63) is 113 Å². The van der Waals surface area contributed by atoms with Gasteiger partial charge in [0, 0.05) is 22.2 Å². The maximum atomic E-state index is 14.2. The van der Waals surface area contributed by atoms with Gasteiger partial charge in [-0.15, -0.1) is 0 Å². The van der Waals surface area contributed by atoms with Gasteiger partial charge in [0.1, 0.15) is 29.1 Å². The van der Waals surface area contributed by atoms with E-state index in [-0.39, 0.29) is 18.2 Å². The van der Waals surface area contributed by atoms with Gasteiger partial charge in [0.05, 0.1) is 22.6 Å². The van der Waals surface area contributed by atoms with Crippen molar-refractivity contribution >= 4 is 67.3 Å². The maximum absolute atomic E-state index is 14.2. The number of amides is 1. The summed E-state index contributed by atoms with van der Waals surface area (Å²) in [6.07, 6.45) is 0.416. The third-order valence-corrected chi connectivity index (χ3v) is 8.11. The average Bonchev–Trinajstić information content (AvgIpc) is 3.71. The van der Waals surface area contributed by atoms with Crippen LogP contribution in [0.1, 0.15) is 23.8 Å². The quantitative estimate of drug-likeness (QED) is 0.240. The smallest absolute Gasteiger partial charge is 0.263 e. The van der Waals surface area contributed by atoms with Crippen LogP contribution >= 0.6 is 11.6 Å². The van der Waals surface area contributed by atoms with E-state index in [4.69, 9.17) is 31.1 Å². The number of rotatable bonds is 4. The monoisotopic (exact) mass is 571 g/mol. The maximum Gasteiger partial charge on any atom is 0.263 e. The summed E-state index contributed by atoms with van der Waals surface area (Å²) < 4.78 is 7.99. The summed E-state index contributed by atoms with van der Waals surface area (Å²) in [5, 5.41) is 18.5. The van der Waals surface area contributed by atoms with Crippen molar-refractivity contribution in [1.29, 1.82) is 0 Å². The molecule has 0 fully saturated rings. The summed E-state index contributed by atoms with van der Waals surface area (Å²) in [5.74, 6) is 0.467. The number of halogens is 1. The van der Waals surface area contributed by atoms with Gasteiger partial charge in [-0.05, 0) is 54.1 Å². The van der Waals surface area contributed by atoms with E-state index in [1.807, 2.05) is 83.4 Å². The molecule has 8 nitrogen and oxygen atoms in total. The number of aromatic nitrogens is 3. The molecular formula is C33H22ClN5O3.